The second kappa shape index (κ2) is 64.0. The molecule has 0 saturated carbocycles. The number of ether oxygens (including phenoxy) is 4. The molecular weight excluding hydrogens is 1030 g/mol. The third kappa shape index (κ3) is 65.3. The predicted octanol–water partition coefficient (Wildman–Crippen LogP) is 19.7. The van der Waals surface area contributed by atoms with Crippen molar-refractivity contribution >= 4 is 17.9 Å². The van der Waals surface area contributed by atoms with Crippen LogP contribution in [0, 0.1) is 0 Å². The summed E-state index contributed by atoms with van der Waals surface area (Å²) in [6, 6.07) is 0. The van der Waals surface area contributed by atoms with Gasteiger partial charge in [0.2, 0.25) is 0 Å². The number of esters is 2. The van der Waals surface area contributed by atoms with Crippen molar-refractivity contribution in [3.8, 4) is 0 Å². The lowest BCUT2D eigenvalue weighted by atomic mass is 10.0. The fourth-order valence-corrected chi connectivity index (χ4v) is 9.38. The highest BCUT2D eigenvalue weighted by Gasteiger charge is 2.22. The molecule has 0 N–H and O–H groups in total. The summed E-state index contributed by atoms with van der Waals surface area (Å²) in [4.78, 5) is 37.5. The Kier molecular flexibility index (Phi) is 60.8. The number of allylic oxidation sites excluding steroid dienone is 18. The van der Waals surface area contributed by atoms with Gasteiger partial charge in [0.25, 0.3) is 0 Å². The minimum atomic E-state index is -1.63. The van der Waals surface area contributed by atoms with E-state index >= 15 is 0 Å². The maximum Gasteiger partial charge on any atom is 0.306 e. The van der Waals surface area contributed by atoms with E-state index in [1.165, 1.54) is 154 Å². The van der Waals surface area contributed by atoms with Crippen LogP contribution in [0.15, 0.2) is 109 Å². The summed E-state index contributed by atoms with van der Waals surface area (Å²) >= 11 is 0. The number of nitrogens with zero attached hydrogens (tertiary/aromatic N) is 1. The zero-order valence-electron chi connectivity index (χ0n) is 54.3. The highest BCUT2D eigenvalue weighted by molar-refractivity contribution is 5.70. The Bertz CT molecular complexity index is 1730. The first-order chi connectivity index (χ1) is 40.6. The van der Waals surface area contributed by atoms with Crippen molar-refractivity contribution < 1.29 is 42.9 Å². The van der Waals surface area contributed by atoms with Gasteiger partial charge < -0.3 is 33.3 Å². The van der Waals surface area contributed by atoms with Crippen molar-refractivity contribution in [2.45, 2.75) is 296 Å². The van der Waals surface area contributed by atoms with E-state index in [2.05, 4.69) is 123 Å². The first kappa shape index (κ1) is 79.0. The van der Waals surface area contributed by atoms with Crippen molar-refractivity contribution in [1.29, 1.82) is 0 Å². The van der Waals surface area contributed by atoms with Gasteiger partial charge in [-0.2, -0.15) is 0 Å². The molecule has 0 saturated heterocycles. The van der Waals surface area contributed by atoms with Crippen LogP contribution in [0.2, 0.25) is 0 Å². The molecule has 0 amide bonds. The molecule has 0 aliphatic rings. The number of likely N-dealkylation sites (N-methyl/N-ethyl adjacent to an activating group) is 1. The van der Waals surface area contributed by atoms with E-state index in [9.17, 15) is 19.5 Å². The molecule has 2 unspecified atom stereocenters. The monoisotopic (exact) mass is 1160 g/mol. The average Bonchev–Trinajstić information content (AvgIpc) is 3.46. The topological polar surface area (TPSA) is 111 Å². The standard InChI is InChI=1S/C74H127NO8/c1-6-8-10-12-14-16-18-20-22-24-26-28-30-31-32-33-34-35-36-37-38-39-40-41-43-45-47-49-51-53-55-57-59-61-63-65-72(77)83-70(69-82-74(73(78)79)80-67-66-75(3,4)5)68-81-71(76)64-62-60-58-56-54-52-50-48-46-44-42-29-27-25-23-21-19-17-15-13-11-9-7-2/h8-11,14-17,20-23,26-29,31-32,70,74H,6-7,12-13,18-19,24-25,30,33-69H2,1-5H3/b10-8-,11-9-,16-14-,17-15-,22-20-,23-21-,28-26-,29-27-,32-31-. The molecule has 0 aromatic heterocycles. The lowest BCUT2D eigenvalue weighted by molar-refractivity contribution is -0.870. The summed E-state index contributed by atoms with van der Waals surface area (Å²) in [6.45, 7) is 4.54. The van der Waals surface area contributed by atoms with Crippen LogP contribution in [0.4, 0.5) is 0 Å². The van der Waals surface area contributed by atoms with Crippen LogP contribution in [0.1, 0.15) is 284 Å². The van der Waals surface area contributed by atoms with Gasteiger partial charge in [0.05, 0.1) is 40.3 Å². The van der Waals surface area contributed by atoms with E-state index < -0.39 is 24.3 Å². The Labute approximate surface area is 511 Å². The third-order valence-corrected chi connectivity index (χ3v) is 14.5. The molecule has 476 valence electrons. The Morgan fingerprint density at radius 2 is 0.651 bits per heavy atom. The second-order valence-electron chi connectivity index (χ2n) is 23.7. The molecule has 2 atom stereocenters. The molecule has 83 heavy (non-hydrogen) atoms. The van der Waals surface area contributed by atoms with E-state index in [0.29, 0.717) is 17.4 Å². The number of carboxylic acids is 1. The fourth-order valence-electron chi connectivity index (χ4n) is 9.38. The normalized spacial score (nSPS) is 13.4. The van der Waals surface area contributed by atoms with Gasteiger partial charge in [0.15, 0.2) is 12.4 Å². The van der Waals surface area contributed by atoms with Gasteiger partial charge in [-0.1, -0.05) is 284 Å². The quantitative estimate of drug-likeness (QED) is 0.0195. The average molecular weight is 1160 g/mol. The Hall–Kier alpha value is -4.05. The molecule has 0 aliphatic carbocycles. The number of quaternary nitrogens is 1. The summed E-state index contributed by atoms with van der Waals surface area (Å²) in [6.07, 6.45) is 85.9. The molecule has 9 nitrogen and oxygen atoms in total. The number of hydrogen-bond donors (Lipinski definition) is 0. The van der Waals surface area contributed by atoms with Crippen LogP contribution in [-0.4, -0.2) is 82.3 Å². The van der Waals surface area contributed by atoms with E-state index in [0.717, 1.165) is 96.3 Å². The highest BCUT2D eigenvalue weighted by atomic mass is 16.7. The van der Waals surface area contributed by atoms with E-state index in [4.69, 9.17) is 18.9 Å². The van der Waals surface area contributed by atoms with E-state index in [-0.39, 0.29) is 38.6 Å². The summed E-state index contributed by atoms with van der Waals surface area (Å²) < 4.78 is 22.8. The van der Waals surface area contributed by atoms with Crippen LogP contribution < -0.4 is 5.11 Å². The largest absolute Gasteiger partial charge is 0.545 e. The summed E-state index contributed by atoms with van der Waals surface area (Å²) in [5.74, 6) is -2.28. The molecular formula is C74H127NO8. The SMILES string of the molecule is CC/C=C\C/C=C\C/C=C\C/C=C\C/C=C\CCCCCCCCCCCCCCCCCCCCCC(=O)OC(COC(=O)CCCCCCCCCCCC/C=C\C/C=C\C/C=C\C/C=C\CC)COC(OCC[N+](C)(C)C)C(=O)[O-]. The molecule has 0 bridgehead atoms. The van der Waals surface area contributed by atoms with Crippen LogP contribution >= 0.6 is 0 Å². The number of rotatable bonds is 62. The van der Waals surface area contributed by atoms with E-state index in [1.54, 1.807) is 0 Å². The molecule has 0 radical (unpaired) electrons. The lowest BCUT2D eigenvalue weighted by Gasteiger charge is -2.26. The number of carboxylic acid groups (broad SMARTS) is 1. The maximum atomic E-state index is 12.9. The van der Waals surface area contributed by atoms with Crippen LogP contribution in [0.3, 0.4) is 0 Å². The fraction of sp³-hybridized carbons (Fsp3) is 0.716. The van der Waals surface area contributed by atoms with Crippen molar-refractivity contribution in [2.75, 3.05) is 47.5 Å². The first-order valence-electron chi connectivity index (χ1n) is 34.0. The van der Waals surface area contributed by atoms with Crippen LogP contribution in [-0.2, 0) is 33.3 Å². The van der Waals surface area contributed by atoms with Crippen molar-refractivity contribution in [3.05, 3.63) is 109 Å². The molecule has 0 heterocycles. The zero-order chi connectivity index (χ0) is 60.5. The second-order valence-corrected chi connectivity index (χ2v) is 23.7. The summed E-state index contributed by atoms with van der Waals surface area (Å²) in [7, 11) is 5.93. The first-order valence-corrected chi connectivity index (χ1v) is 34.0. The summed E-state index contributed by atoms with van der Waals surface area (Å²) in [5.41, 5.74) is 0. The lowest BCUT2D eigenvalue weighted by Crippen LogP contribution is -2.44. The van der Waals surface area contributed by atoms with E-state index in [1.807, 2.05) is 21.1 Å². The molecule has 0 rings (SSSR count). The number of unbranched alkanes of at least 4 members (excludes halogenated alkanes) is 29. The smallest absolute Gasteiger partial charge is 0.306 e. The number of carbonyl (C=O) groups excluding carboxylic acids is 3. The predicted molar refractivity (Wildman–Crippen MR) is 352 cm³/mol. The van der Waals surface area contributed by atoms with Gasteiger partial charge in [-0.3, -0.25) is 9.59 Å². The van der Waals surface area contributed by atoms with Gasteiger partial charge in [0, 0.05) is 12.8 Å². The van der Waals surface area contributed by atoms with Crippen molar-refractivity contribution in [3.63, 3.8) is 0 Å². The van der Waals surface area contributed by atoms with Gasteiger partial charge >= 0.3 is 11.9 Å². The molecule has 0 aromatic carbocycles. The molecule has 0 aliphatic heterocycles. The van der Waals surface area contributed by atoms with Crippen LogP contribution in [0.5, 0.6) is 0 Å². The van der Waals surface area contributed by atoms with Gasteiger partial charge in [-0.05, 0) is 96.3 Å². The Morgan fingerprint density at radius 1 is 0.361 bits per heavy atom. The minimum Gasteiger partial charge on any atom is -0.545 e. The number of hydrogen-bond acceptors (Lipinski definition) is 8. The van der Waals surface area contributed by atoms with Gasteiger partial charge in [0.1, 0.15) is 13.2 Å². The highest BCUT2D eigenvalue weighted by Crippen LogP contribution is 2.17. The van der Waals surface area contributed by atoms with Crippen molar-refractivity contribution in [2.24, 2.45) is 0 Å². The van der Waals surface area contributed by atoms with Gasteiger partial charge in [-0.25, -0.2) is 0 Å². The Morgan fingerprint density at radius 3 is 0.964 bits per heavy atom. The molecule has 0 fully saturated rings. The maximum absolute atomic E-state index is 12.9. The minimum absolute atomic E-state index is 0.144. The van der Waals surface area contributed by atoms with Crippen molar-refractivity contribution in [1.82, 2.24) is 0 Å². The van der Waals surface area contributed by atoms with Gasteiger partial charge in [-0.15, -0.1) is 0 Å². The van der Waals surface area contributed by atoms with Crippen LogP contribution in [0.25, 0.3) is 0 Å². The number of aliphatic carboxylic acids is 1. The summed E-state index contributed by atoms with van der Waals surface area (Å²) in [5, 5.41) is 11.8. The molecule has 0 spiro atoms. The third-order valence-electron chi connectivity index (χ3n) is 14.5. The number of carbonyl (C=O) groups is 3. The molecule has 0 aromatic rings. The Balaban J connectivity index is 4.10. The zero-order valence-corrected chi connectivity index (χ0v) is 54.3. The molecule has 9 heteroatoms.